The highest BCUT2D eigenvalue weighted by Crippen LogP contribution is 2.43. The van der Waals surface area contributed by atoms with Crippen LogP contribution in [0.2, 0.25) is 0 Å². The zero-order valence-electron chi connectivity index (χ0n) is 37.2. The Labute approximate surface area is 354 Å². The molecule has 0 aliphatic heterocycles. The third kappa shape index (κ3) is 42.8. The van der Waals surface area contributed by atoms with E-state index < -0.39 is 32.5 Å². The second-order valence-electron chi connectivity index (χ2n) is 15.7. The van der Waals surface area contributed by atoms with Gasteiger partial charge in [0.1, 0.15) is 19.8 Å². The quantitative estimate of drug-likeness (QED) is 0.0214. The fourth-order valence-electron chi connectivity index (χ4n) is 5.44. The van der Waals surface area contributed by atoms with Gasteiger partial charge in [0.2, 0.25) is 0 Å². The molecule has 0 heterocycles. The number of hydrogen-bond acceptors (Lipinski definition) is 7. The molecule has 0 aromatic carbocycles. The molecule has 0 aliphatic carbocycles. The van der Waals surface area contributed by atoms with Gasteiger partial charge in [0.25, 0.3) is 0 Å². The summed E-state index contributed by atoms with van der Waals surface area (Å²) in [6.45, 7) is 4.19. The molecule has 0 saturated carbocycles. The predicted octanol–water partition coefficient (Wildman–Crippen LogP) is 12.8. The molecule has 0 aromatic rings. The Morgan fingerprint density at radius 1 is 0.552 bits per heavy atom. The number of carbonyl (C=O) groups is 2. The first-order valence-corrected chi connectivity index (χ1v) is 23.8. The summed E-state index contributed by atoms with van der Waals surface area (Å²) >= 11 is 0. The van der Waals surface area contributed by atoms with Gasteiger partial charge in [0.05, 0.1) is 27.7 Å². The van der Waals surface area contributed by atoms with Crippen molar-refractivity contribution in [3.05, 3.63) is 85.1 Å². The summed E-state index contributed by atoms with van der Waals surface area (Å²) in [6, 6.07) is 0. The van der Waals surface area contributed by atoms with Crippen LogP contribution in [0.5, 0.6) is 0 Å². The number of carbonyl (C=O) groups excluding carboxylic acids is 2. The van der Waals surface area contributed by atoms with Crippen molar-refractivity contribution in [1.82, 2.24) is 0 Å². The van der Waals surface area contributed by atoms with E-state index in [0.717, 1.165) is 70.6 Å². The summed E-state index contributed by atoms with van der Waals surface area (Å²) in [7, 11) is 1.42. The van der Waals surface area contributed by atoms with Gasteiger partial charge in [-0.3, -0.25) is 18.6 Å². The van der Waals surface area contributed by atoms with Crippen LogP contribution in [0.1, 0.15) is 155 Å². The summed E-state index contributed by atoms with van der Waals surface area (Å²) < 4.78 is 34.2. The van der Waals surface area contributed by atoms with Gasteiger partial charge in [0.15, 0.2) is 6.10 Å². The van der Waals surface area contributed by atoms with Crippen molar-refractivity contribution in [3.63, 3.8) is 0 Å². The van der Waals surface area contributed by atoms with E-state index in [-0.39, 0.29) is 26.1 Å². The normalized spacial score (nSPS) is 14.4. The fraction of sp³-hybridized carbons (Fsp3) is 0.667. The average Bonchev–Trinajstić information content (AvgIpc) is 3.17. The Balaban J connectivity index is 4.50. The van der Waals surface area contributed by atoms with Crippen LogP contribution in [0.3, 0.4) is 0 Å². The maximum absolute atomic E-state index is 12.7. The molecule has 0 bridgehead atoms. The minimum absolute atomic E-state index is 0.0147. The highest BCUT2D eigenvalue weighted by atomic mass is 31.2. The van der Waals surface area contributed by atoms with Crippen molar-refractivity contribution >= 4 is 19.8 Å². The molecule has 332 valence electrons. The highest BCUT2D eigenvalue weighted by Gasteiger charge is 2.27. The first-order chi connectivity index (χ1) is 28.0. The molecule has 1 N–H and O–H groups in total. The lowest BCUT2D eigenvalue weighted by Crippen LogP contribution is -2.37. The van der Waals surface area contributed by atoms with Gasteiger partial charge in [-0.25, -0.2) is 4.57 Å². The Morgan fingerprint density at radius 2 is 1.02 bits per heavy atom. The van der Waals surface area contributed by atoms with Crippen LogP contribution in [-0.2, 0) is 32.7 Å². The number of allylic oxidation sites excluding steroid dienone is 14. The van der Waals surface area contributed by atoms with Crippen LogP contribution in [-0.4, -0.2) is 74.9 Å². The maximum atomic E-state index is 12.7. The molecular weight excluding hydrogens is 750 g/mol. The van der Waals surface area contributed by atoms with E-state index in [1.54, 1.807) is 0 Å². The zero-order chi connectivity index (χ0) is 42.8. The van der Waals surface area contributed by atoms with Crippen LogP contribution >= 0.6 is 7.82 Å². The smallest absolute Gasteiger partial charge is 0.462 e. The number of quaternary nitrogens is 1. The third-order valence-corrected chi connectivity index (χ3v) is 9.91. The topological polar surface area (TPSA) is 108 Å². The molecule has 9 nitrogen and oxygen atoms in total. The number of nitrogens with zero attached hydrogens (tertiary/aromatic N) is 1. The molecular formula is C48H83NO8P+. The number of ether oxygens (including phenoxy) is 2. The van der Waals surface area contributed by atoms with E-state index in [1.165, 1.54) is 44.9 Å². The minimum atomic E-state index is -4.40. The Morgan fingerprint density at radius 3 is 1.53 bits per heavy atom. The lowest BCUT2D eigenvalue weighted by atomic mass is 10.1. The number of likely N-dealkylation sites (N-methyl/N-ethyl adjacent to an activating group) is 1. The van der Waals surface area contributed by atoms with Crippen molar-refractivity contribution in [2.45, 2.75) is 161 Å². The number of esters is 2. The van der Waals surface area contributed by atoms with Crippen LogP contribution < -0.4 is 0 Å². The SMILES string of the molecule is CC/C=C/C/C=C/C/C=C/C/C=C/C/C=C/C/C=C/CCC(=O)OCC(COP(=O)(O)OCC[N+](C)(C)C)OC(=O)CCCCCCC/C=C/CCCCCCCC. The second kappa shape index (κ2) is 39.6. The minimum Gasteiger partial charge on any atom is -0.462 e. The molecule has 0 aromatic heterocycles. The zero-order valence-corrected chi connectivity index (χ0v) is 38.1. The standard InChI is InChI=1S/C48H82NO8P/c1-6-8-10-12-14-16-18-20-22-23-24-25-27-28-30-32-34-36-38-40-47(50)54-44-46(45-56-58(52,53)55-43-42-49(3,4)5)57-48(51)41-39-37-35-33-31-29-26-21-19-17-15-13-11-9-7-2/h8,10,14,16,20-22,24-26,28,30,34,36,46H,6-7,9,11-13,15,17-19,23,27,29,31-33,35,37-45H2,1-5H3/p+1/b10-8+,16-14+,22-20+,25-24+,26-21+,30-28+,36-34+. The molecule has 0 fully saturated rings. The second-order valence-corrected chi connectivity index (χ2v) is 17.1. The number of phosphoric ester groups is 1. The first-order valence-electron chi connectivity index (χ1n) is 22.3. The number of hydrogen-bond donors (Lipinski definition) is 1. The number of unbranched alkanes of at least 4 members (excludes halogenated alkanes) is 11. The van der Waals surface area contributed by atoms with Gasteiger partial charge in [-0.1, -0.05) is 150 Å². The highest BCUT2D eigenvalue weighted by molar-refractivity contribution is 7.47. The fourth-order valence-corrected chi connectivity index (χ4v) is 6.19. The van der Waals surface area contributed by atoms with Crippen LogP contribution in [0.25, 0.3) is 0 Å². The number of phosphoric acid groups is 1. The largest absolute Gasteiger partial charge is 0.472 e. The van der Waals surface area contributed by atoms with Crippen LogP contribution in [0, 0.1) is 0 Å². The molecule has 0 radical (unpaired) electrons. The van der Waals surface area contributed by atoms with Crippen LogP contribution in [0.4, 0.5) is 0 Å². The molecule has 0 saturated heterocycles. The van der Waals surface area contributed by atoms with E-state index >= 15 is 0 Å². The molecule has 10 heteroatoms. The summed E-state index contributed by atoms with van der Waals surface area (Å²) in [6.07, 6.45) is 50.7. The van der Waals surface area contributed by atoms with E-state index in [9.17, 15) is 19.0 Å². The van der Waals surface area contributed by atoms with Crippen molar-refractivity contribution in [2.24, 2.45) is 0 Å². The summed E-state index contributed by atoms with van der Waals surface area (Å²) in [5.41, 5.74) is 0. The first kappa shape index (κ1) is 55.2. The molecule has 0 aliphatic rings. The molecule has 2 unspecified atom stereocenters. The van der Waals surface area contributed by atoms with E-state index in [4.69, 9.17) is 18.5 Å². The van der Waals surface area contributed by atoms with Crippen molar-refractivity contribution in [3.8, 4) is 0 Å². The molecule has 0 spiro atoms. The summed E-state index contributed by atoms with van der Waals surface area (Å²) in [5.74, 6) is -0.914. The van der Waals surface area contributed by atoms with Crippen molar-refractivity contribution < 1.29 is 42.1 Å². The average molecular weight is 833 g/mol. The van der Waals surface area contributed by atoms with Gasteiger partial charge in [0, 0.05) is 12.8 Å². The predicted molar refractivity (Wildman–Crippen MR) is 242 cm³/mol. The Kier molecular flexibility index (Phi) is 37.7. The van der Waals surface area contributed by atoms with Crippen LogP contribution in [0.15, 0.2) is 85.1 Å². The van der Waals surface area contributed by atoms with E-state index in [2.05, 4.69) is 86.8 Å². The van der Waals surface area contributed by atoms with Gasteiger partial charge in [-0.15, -0.1) is 0 Å². The molecule has 0 amide bonds. The monoisotopic (exact) mass is 833 g/mol. The van der Waals surface area contributed by atoms with Gasteiger partial charge < -0.3 is 18.9 Å². The lowest BCUT2D eigenvalue weighted by molar-refractivity contribution is -0.870. The van der Waals surface area contributed by atoms with Crippen molar-refractivity contribution in [1.29, 1.82) is 0 Å². The van der Waals surface area contributed by atoms with Gasteiger partial charge in [-0.2, -0.15) is 0 Å². The lowest BCUT2D eigenvalue weighted by Gasteiger charge is -2.24. The van der Waals surface area contributed by atoms with Crippen molar-refractivity contribution in [2.75, 3.05) is 47.5 Å². The maximum Gasteiger partial charge on any atom is 0.472 e. The van der Waals surface area contributed by atoms with E-state index in [0.29, 0.717) is 23.9 Å². The van der Waals surface area contributed by atoms with Gasteiger partial charge >= 0.3 is 19.8 Å². The Hall–Kier alpha value is -2.81. The van der Waals surface area contributed by atoms with Gasteiger partial charge in [-0.05, 0) is 77.0 Å². The molecule has 2 atom stereocenters. The number of rotatable bonds is 39. The third-order valence-electron chi connectivity index (χ3n) is 8.92. The Bertz CT molecular complexity index is 1260. The molecule has 0 rings (SSSR count). The van der Waals surface area contributed by atoms with E-state index in [1.807, 2.05) is 33.3 Å². The molecule has 58 heavy (non-hydrogen) atoms. The summed E-state index contributed by atoms with van der Waals surface area (Å²) in [5, 5.41) is 0. The summed E-state index contributed by atoms with van der Waals surface area (Å²) in [4.78, 5) is 35.3.